The highest BCUT2D eigenvalue weighted by atomic mass is 32.2. The largest absolute Gasteiger partial charge is 0.478 e. The van der Waals surface area contributed by atoms with E-state index in [9.17, 15) is 23.3 Å². The zero-order chi connectivity index (χ0) is 18.6. The highest BCUT2D eigenvalue weighted by Gasteiger charge is 2.17. The maximum Gasteiger partial charge on any atom is 0.335 e. The smallest absolute Gasteiger partial charge is 0.335 e. The number of nitrogens with one attached hydrogen (secondary N) is 1. The Morgan fingerprint density at radius 3 is 2.40 bits per heavy atom. The van der Waals surface area contributed by atoms with Gasteiger partial charge in [0.25, 0.3) is 15.7 Å². The second-order valence-corrected chi connectivity index (χ2v) is 6.65. The molecular weight excluding hydrogens is 350 g/mol. The van der Waals surface area contributed by atoms with Crippen LogP contribution in [0.4, 0.5) is 5.69 Å². The van der Waals surface area contributed by atoms with Crippen molar-refractivity contribution in [1.82, 2.24) is 4.83 Å². The summed E-state index contributed by atoms with van der Waals surface area (Å²) in [5, 5.41) is 23.2. The Kier molecular flexibility index (Phi) is 5.13. The van der Waals surface area contributed by atoms with E-state index in [1.807, 2.05) is 4.83 Å². The lowest BCUT2D eigenvalue weighted by atomic mass is 10.1. The first-order valence-corrected chi connectivity index (χ1v) is 8.32. The summed E-state index contributed by atoms with van der Waals surface area (Å²) in [6, 6.07) is 9.06. The molecule has 0 heterocycles. The Morgan fingerprint density at radius 1 is 1.24 bits per heavy atom. The van der Waals surface area contributed by atoms with Crippen LogP contribution in [0.3, 0.4) is 0 Å². The van der Waals surface area contributed by atoms with Gasteiger partial charge in [0.1, 0.15) is 0 Å². The van der Waals surface area contributed by atoms with Gasteiger partial charge in [0.2, 0.25) is 0 Å². The number of sulfonamides is 1. The number of aryl methyl sites for hydroxylation is 1. The van der Waals surface area contributed by atoms with E-state index in [0.717, 1.165) is 12.1 Å². The van der Waals surface area contributed by atoms with Crippen LogP contribution in [0.1, 0.15) is 21.5 Å². The molecule has 0 unspecified atom stereocenters. The van der Waals surface area contributed by atoms with Crippen LogP contribution < -0.4 is 4.83 Å². The molecule has 130 valence electrons. The molecule has 0 aliphatic rings. The molecule has 9 nitrogen and oxygen atoms in total. The topological polar surface area (TPSA) is 139 Å². The van der Waals surface area contributed by atoms with E-state index in [1.165, 1.54) is 43.5 Å². The predicted octanol–water partition coefficient (Wildman–Crippen LogP) is 1.91. The van der Waals surface area contributed by atoms with Crippen molar-refractivity contribution in [1.29, 1.82) is 0 Å². The number of hydrazone groups is 1. The Hall–Kier alpha value is -3.27. The zero-order valence-electron chi connectivity index (χ0n) is 12.9. The monoisotopic (exact) mass is 363 g/mol. The SMILES string of the molecule is Cc1cc(S(=O)(=O)NN=Cc2ccc(C(=O)O)cc2)ccc1[N+](=O)[O-]. The van der Waals surface area contributed by atoms with Gasteiger partial charge in [0, 0.05) is 11.6 Å². The van der Waals surface area contributed by atoms with Crippen LogP contribution in [0, 0.1) is 17.0 Å². The fourth-order valence-electron chi connectivity index (χ4n) is 1.93. The third-order valence-corrected chi connectivity index (χ3v) is 4.44. The molecule has 0 aromatic heterocycles. The molecule has 0 saturated carbocycles. The van der Waals surface area contributed by atoms with Crippen LogP contribution in [0.2, 0.25) is 0 Å². The second kappa shape index (κ2) is 7.09. The molecule has 0 amide bonds. The average molecular weight is 363 g/mol. The number of hydrogen-bond donors (Lipinski definition) is 2. The number of nitrogens with zero attached hydrogens (tertiary/aromatic N) is 2. The number of aromatic carboxylic acids is 1. The minimum atomic E-state index is -3.98. The van der Waals surface area contributed by atoms with Gasteiger partial charge in [-0.25, -0.2) is 9.63 Å². The van der Waals surface area contributed by atoms with Crippen LogP contribution in [-0.4, -0.2) is 30.6 Å². The molecule has 0 aliphatic carbocycles. The third kappa shape index (κ3) is 4.38. The van der Waals surface area contributed by atoms with Crippen LogP contribution in [0.15, 0.2) is 52.5 Å². The van der Waals surface area contributed by atoms with Crippen LogP contribution in [0.5, 0.6) is 0 Å². The molecule has 2 aromatic carbocycles. The van der Waals surface area contributed by atoms with Crippen molar-refractivity contribution in [3.8, 4) is 0 Å². The van der Waals surface area contributed by atoms with Gasteiger partial charge in [-0.3, -0.25) is 10.1 Å². The van der Waals surface area contributed by atoms with Crippen molar-refractivity contribution in [2.24, 2.45) is 5.10 Å². The van der Waals surface area contributed by atoms with Gasteiger partial charge < -0.3 is 5.11 Å². The molecule has 0 spiro atoms. The van der Waals surface area contributed by atoms with Gasteiger partial charge in [-0.15, -0.1) is 0 Å². The molecule has 0 bridgehead atoms. The standard InChI is InChI=1S/C15H13N3O6S/c1-10-8-13(6-7-14(10)18(21)22)25(23,24)17-16-9-11-2-4-12(5-3-11)15(19)20/h2-9,17H,1H3,(H,19,20). The summed E-state index contributed by atoms with van der Waals surface area (Å²) < 4.78 is 24.3. The lowest BCUT2D eigenvalue weighted by Crippen LogP contribution is -2.18. The van der Waals surface area contributed by atoms with E-state index in [0.29, 0.717) is 5.56 Å². The Morgan fingerprint density at radius 2 is 1.88 bits per heavy atom. The fraction of sp³-hybridized carbons (Fsp3) is 0.0667. The van der Waals surface area contributed by atoms with E-state index in [1.54, 1.807) is 0 Å². The van der Waals surface area contributed by atoms with Crippen molar-refractivity contribution in [2.75, 3.05) is 0 Å². The van der Waals surface area contributed by atoms with Gasteiger partial charge in [-0.05, 0) is 36.8 Å². The zero-order valence-corrected chi connectivity index (χ0v) is 13.7. The summed E-state index contributed by atoms with van der Waals surface area (Å²) >= 11 is 0. The van der Waals surface area contributed by atoms with Gasteiger partial charge in [0.05, 0.1) is 21.6 Å². The quantitative estimate of drug-likeness (QED) is 0.456. The molecule has 2 aromatic rings. The number of benzene rings is 2. The second-order valence-electron chi connectivity index (χ2n) is 4.99. The molecule has 2 N–H and O–H groups in total. The third-order valence-electron chi connectivity index (χ3n) is 3.22. The van der Waals surface area contributed by atoms with Crippen molar-refractivity contribution in [2.45, 2.75) is 11.8 Å². The highest BCUT2D eigenvalue weighted by molar-refractivity contribution is 7.89. The van der Waals surface area contributed by atoms with Crippen molar-refractivity contribution < 1.29 is 23.2 Å². The number of nitro benzene ring substituents is 1. The first kappa shape index (κ1) is 18.1. The number of hydrogen-bond acceptors (Lipinski definition) is 6. The summed E-state index contributed by atoms with van der Waals surface area (Å²) in [4.78, 5) is 22.7. The minimum absolute atomic E-state index is 0.0964. The number of carboxylic acid groups (broad SMARTS) is 1. The molecule has 10 heteroatoms. The maximum atomic E-state index is 12.1. The first-order valence-electron chi connectivity index (χ1n) is 6.84. The molecule has 2 rings (SSSR count). The lowest BCUT2D eigenvalue weighted by Gasteiger charge is -2.04. The molecule has 25 heavy (non-hydrogen) atoms. The number of rotatable bonds is 6. The molecule has 0 aliphatic heterocycles. The van der Waals surface area contributed by atoms with Gasteiger partial charge >= 0.3 is 5.97 Å². The number of nitro groups is 1. The lowest BCUT2D eigenvalue weighted by molar-refractivity contribution is -0.385. The Labute approximate surface area is 142 Å². The molecule has 0 atom stereocenters. The fourth-order valence-corrected chi connectivity index (χ4v) is 2.81. The molecular formula is C15H13N3O6S. The van der Waals surface area contributed by atoms with E-state index in [-0.39, 0.29) is 21.7 Å². The van der Waals surface area contributed by atoms with E-state index in [4.69, 9.17) is 5.11 Å². The molecule has 0 radical (unpaired) electrons. The van der Waals surface area contributed by atoms with E-state index < -0.39 is 20.9 Å². The normalized spacial score (nSPS) is 11.4. The van der Waals surface area contributed by atoms with Crippen molar-refractivity contribution in [3.05, 3.63) is 69.3 Å². The van der Waals surface area contributed by atoms with Crippen LogP contribution >= 0.6 is 0 Å². The van der Waals surface area contributed by atoms with E-state index >= 15 is 0 Å². The van der Waals surface area contributed by atoms with Crippen molar-refractivity contribution >= 4 is 27.9 Å². The average Bonchev–Trinajstić information content (AvgIpc) is 2.54. The Bertz CT molecular complexity index is 952. The summed E-state index contributed by atoms with van der Waals surface area (Å²) in [5.41, 5.74) is 0.619. The maximum absolute atomic E-state index is 12.1. The van der Waals surface area contributed by atoms with Gasteiger partial charge in [-0.2, -0.15) is 13.5 Å². The number of carboxylic acids is 1. The predicted molar refractivity (Wildman–Crippen MR) is 89.2 cm³/mol. The van der Waals surface area contributed by atoms with Crippen LogP contribution in [-0.2, 0) is 10.0 Å². The summed E-state index contributed by atoms with van der Waals surface area (Å²) in [6.45, 7) is 1.43. The number of carbonyl (C=O) groups is 1. The molecule has 0 saturated heterocycles. The summed E-state index contributed by atoms with van der Waals surface area (Å²) in [5.74, 6) is -1.07. The Balaban J connectivity index is 2.14. The van der Waals surface area contributed by atoms with Crippen molar-refractivity contribution in [3.63, 3.8) is 0 Å². The summed E-state index contributed by atoms with van der Waals surface area (Å²) in [7, 11) is -3.98. The highest BCUT2D eigenvalue weighted by Crippen LogP contribution is 2.21. The van der Waals surface area contributed by atoms with E-state index in [2.05, 4.69) is 5.10 Å². The molecule has 0 fully saturated rings. The van der Waals surface area contributed by atoms with Gasteiger partial charge in [-0.1, -0.05) is 12.1 Å². The first-order chi connectivity index (χ1) is 11.7. The minimum Gasteiger partial charge on any atom is -0.478 e. The van der Waals surface area contributed by atoms with Gasteiger partial charge in [0.15, 0.2) is 0 Å². The summed E-state index contributed by atoms with van der Waals surface area (Å²) in [6.07, 6.45) is 1.21. The van der Waals surface area contributed by atoms with Crippen LogP contribution in [0.25, 0.3) is 0 Å².